The maximum Gasteiger partial charge on any atom is 0.122 e. The average Bonchev–Trinajstić information content (AvgIpc) is 2.49. The molecule has 0 amide bonds. The number of ether oxygens (including phenoxy) is 1. The summed E-state index contributed by atoms with van der Waals surface area (Å²) in [7, 11) is 0. The Morgan fingerprint density at radius 3 is 2.19 bits per heavy atom. The first-order chi connectivity index (χ1) is 10.1. The average molecular weight is 282 g/mol. The van der Waals surface area contributed by atoms with Gasteiger partial charge in [0, 0.05) is 0 Å². The normalized spacial score (nSPS) is 10.7. The van der Waals surface area contributed by atoms with Crippen LogP contribution >= 0.6 is 0 Å². The molecule has 0 aliphatic heterocycles. The molecule has 0 heterocycles. The summed E-state index contributed by atoms with van der Waals surface area (Å²) in [4.78, 5) is 0. The van der Waals surface area contributed by atoms with Crippen LogP contribution in [0, 0.1) is 20.8 Å². The molecule has 0 aromatic heterocycles. The van der Waals surface area contributed by atoms with Crippen LogP contribution in [0.1, 0.15) is 42.9 Å². The van der Waals surface area contributed by atoms with E-state index in [1.54, 1.807) is 0 Å². The monoisotopic (exact) mass is 282 g/mol. The summed E-state index contributed by atoms with van der Waals surface area (Å²) in [6.45, 7) is 9.49. The molecule has 0 aliphatic carbocycles. The summed E-state index contributed by atoms with van der Waals surface area (Å²) < 4.78 is 5.93. The van der Waals surface area contributed by atoms with Gasteiger partial charge in [-0.25, -0.2) is 0 Å². The van der Waals surface area contributed by atoms with E-state index in [0.29, 0.717) is 0 Å². The van der Waals surface area contributed by atoms with Crippen molar-refractivity contribution in [1.29, 1.82) is 0 Å². The molecule has 0 atom stereocenters. The van der Waals surface area contributed by atoms with Gasteiger partial charge >= 0.3 is 0 Å². The standard InChI is InChI=1S/C20H26O/c1-5-6-7-14-21-20-13-12-19(16(3)17(20)4)18-10-8-15(2)9-11-18/h8-13H,5-7,14H2,1-4H3. The Hall–Kier alpha value is -1.76. The van der Waals surface area contributed by atoms with E-state index >= 15 is 0 Å². The van der Waals surface area contributed by atoms with Crippen molar-refractivity contribution in [3.05, 3.63) is 53.1 Å². The molecule has 21 heavy (non-hydrogen) atoms. The summed E-state index contributed by atoms with van der Waals surface area (Å²) in [5.74, 6) is 1.03. The minimum atomic E-state index is 0.817. The second-order valence-corrected chi connectivity index (χ2v) is 5.78. The summed E-state index contributed by atoms with van der Waals surface area (Å²) in [5, 5.41) is 0. The Morgan fingerprint density at radius 2 is 1.52 bits per heavy atom. The quantitative estimate of drug-likeness (QED) is 0.604. The number of rotatable bonds is 6. The topological polar surface area (TPSA) is 9.23 Å². The van der Waals surface area contributed by atoms with Gasteiger partial charge in [0.15, 0.2) is 0 Å². The first kappa shape index (κ1) is 15.6. The smallest absolute Gasteiger partial charge is 0.122 e. The number of aryl methyl sites for hydroxylation is 1. The summed E-state index contributed by atoms with van der Waals surface area (Å²) in [6, 6.07) is 13.0. The number of unbranched alkanes of at least 4 members (excludes halogenated alkanes) is 2. The van der Waals surface area contributed by atoms with Crippen LogP contribution in [0.3, 0.4) is 0 Å². The molecule has 2 rings (SSSR count). The van der Waals surface area contributed by atoms with Gasteiger partial charge in [0.2, 0.25) is 0 Å². The predicted molar refractivity (Wildman–Crippen MR) is 91.1 cm³/mol. The molecule has 0 saturated heterocycles. The number of hydrogen-bond donors (Lipinski definition) is 0. The Morgan fingerprint density at radius 1 is 0.810 bits per heavy atom. The Bertz CT molecular complexity index is 582. The molecule has 0 spiro atoms. The van der Waals surface area contributed by atoms with Crippen LogP contribution in [-0.2, 0) is 0 Å². The Balaban J connectivity index is 2.19. The highest BCUT2D eigenvalue weighted by Crippen LogP contribution is 2.31. The van der Waals surface area contributed by atoms with Gasteiger partial charge in [-0.2, -0.15) is 0 Å². The van der Waals surface area contributed by atoms with Crippen molar-refractivity contribution in [2.75, 3.05) is 6.61 Å². The van der Waals surface area contributed by atoms with Crippen molar-refractivity contribution in [2.24, 2.45) is 0 Å². The fourth-order valence-electron chi connectivity index (χ4n) is 2.53. The lowest BCUT2D eigenvalue weighted by atomic mass is 9.96. The van der Waals surface area contributed by atoms with Gasteiger partial charge in [0.25, 0.3) is 0 Å². The van der Waals surface area contributed by atoms with E-state index in [1.807, 2.05) is 0 Å². The second-order valence-electron chi connectivity index (χ2n) is 5.78. The van der Waals surface area contributed by atoms with Crippen LogP contribution in [0.5, 0.6) is 5.75 Å². The van der Waals surface area contributed by atoms with E-state index in [4.69, 9.17) is 4.74 Å². The zero-order valence-electron chi connectivity index (χ0n) is 13.7. The summed E-state index contributed by atoms with van der Waals surface area (Å²) >= 11 is 0. The maximum absolute atomic E-state index is 5.93. The van der Waals surface area contributed by atoms with Crippen molar-refractivity contribution in [3.63, 3.8) is 0 Å². The Kier molecular flexibility index (Phi) is 5.44. The molecule has 0 fully saturated rings. The largest absolute Gasteiger partial charge is 0.493 e. The second kappa shape index (κ2) is 7.31. The van der Waals surface area contributed by atoms with E-state index < -0.39 is 0 Å². The van der Waals surface area contributed by atoms with E-state index in [0.717, 1.165) is 18.8 Å². The fraction of sp³-hybridized carbons (Fsp3) is 0.400. The lowest BCUT2D eigenvalue weighted by Gasteiger charge is -2.15. The van der Waals surface area contributed by atoms with Gasteiger partial charge in [-0.15, -0.1) is 0 Å². The van der Waals surface area contributed by atoms with Crippen molar-refractivity contribution in [3.8, 4) is 16.9 Å². The zero-order valence-corrected chi connectivity index (χ0v) is 13.7. The van der Waals surface area contributed by atoms with Crippen LogP contribution in [0.4, 0.5) is 0 Å². The lowest BCUT2D eigenvalue weighted by Crippen LogP contribution is -2.00. The molecular weight excluding hydrogens is 256 g/mol. The molecule has 0 aliphatic rings. The first-order valence-corrected chi connectivity index (χ1v) is 7.93. The summed E-state index contributed by atoms with van der Waals surface area (Å²) in [6.07, 6.45) is 3.60. The molecule has 0 unspecified atom stereocenters. The molecule has 0 bridgehead atoms. The third kappa shape index (κ3) is 3.87. The van der Waals surface area contributed by atoms with Crippen LogP contribution < -0.4 is 4.74 Å². The zero-order chi connectivity index (χ0) is 15.2. The lowest BCUT2D eigenvalue weighted by molar-refractivity contribution is 0.304. The van der Waals surface area contributed by atoms with Crippen LogP contribution in [0.15, 0.2) is 36.4 Å². The fourth-order valence-corrected chi connectivity index (χ4v) is 2.53. The predicted octanol–water partition coefficient (Wildman–Crippen LogP) is 5.85. The van der Waals surface area contributed by atoms with Crippen molar-refractivity contribution in [1.82, 2.24) is 0 Å². The van der Waals surface area contributed by atoms with E-state index in [-0.39, 0.29) is 0 Å². The highest BCUT2D eigenvalue weighted by Gasteiger charge is 2.09. The highest BCUT2D eigenvalue weighted by atomic mass is 16.5. The Labute approximate surface area is 129 Å². The molecule has 0 saturated carbocycles. The van der Waals surface area contributed by atoms with Crippen molar-refractivity contribution < 1.29 is 4.74 Å². The van der Waals surface area contributed by atoms with Gasteiger partial charge in [0.05, 0.1) is 6.61 Å². The summed E-state index contributed by atoms with van der Waals surface area (Å²) in [5.41, 5.74) is 6.44. The molecule has 2 aromatic rings. The van der Waals surface area contributed by atoms with Crippen molar-refractivity contribution in [2.45, 2.75) is 47.0 Å². The maximum atomic E-state index is 5.93. The van der Waals surface area contributed by atoms with Gasteiger partial charge in [0.1, 0.15) is 5.75 Å². The molecule has 0 radical (unpaired) electrons. The van der Waals surface area contributed by atoms with E-state index in [2.05, 4.69) is 64.1 Å². The molecule has 0 N–H and O–H groups in total. The molecular formula is C20H26O. The molecule has 1 heteroatoms. The third-order valence-corrected chi connectivity index (χ3v) is 4.11. The minimum absolute atomic E-state index is 0.817. The number of hydrogen-bond acceptors (Lipinski definition) is 1. The molecule has 2 aromatic carbocycles. The van der Waals surface area contributed by atoms with Crippen molar-refractivity contribution >= 4 is 0 Å². The van der Waals surface area contributed by atoms with Crippen LogP contribution in [0.2, 0.25) is 0 Å². The molecule has 1 nitrogen and oxygen atoms in total. The van der Waals surface area contributed by atoms with E-state index in [1.165, 1.54) is 40.7 Å². The minimum Gasteiger partial charge on any atom is -0.493 e. The van der Waals surface area contributed by atoms with Gasteiger partial charge in [-0.3, -0.25) is 0 Å². The van der Waals surface area contributed by atoms with Gasteiger partial charge < -0.3 is 4.74 Å². The van der Waals surface area contributed by atoms with Crippen LogP contribution in [0.25, 0.3) is 11.1 Å². The van der Waals surface area contributed by atoms with Gasteiger partial charge in [-0.1, -0.05) is 55.7 Å². The van der Waals surface area contributed by atoms with Crippen LogP contribution in [-0.4, -0.2) is 6.61 Å². The number of benzene rings is 2. The van der Waals surface area contributed by atoms with Gasteiger partial charge in [-0.05, 0) is 55.5 Å². The highest BCUT2D eigenvalue weighted by molar-refractivity contribution is 5.70. The SMILES string of the molecule is CCCCCOc1ccc(-c2ccc(C)cc2)c(C)c1C. The first-order valence-electron chi connectivity index (χ1n) is 7.93. The van der Waals surface area contributed by atoms with E-state index in [9.17, 15) is 0 Å². The third-order valence-electron chi connectivity index (χ3n) is 4.11. The molecule has 112 valence electrons.